The summed E-state index contributed by atoms with van der Waals surface area (Å²) in [4.78, 5) is 4.44. The average Bonchev–Trinajstić information content (AvgIpc) is 2.77. The lowest BCUT2D eigenvalue weighted by Gasteiger charge is -2.06. The summed E-state index contributed by atoms with van der Waals surface area (Å²) in [6.07, 6.45) is 0.836. The average molecular weight is 236 g/mol. The molecule has 3 rings (SSSR count). The Morgan fingerprint density at radius 3 is 3.12 bits per heavy atom. The van der Waals surface area contributed by atoms with Crippen LogP contribution in [0.1, 0.15) is 5.56 Å². The van der Waals surface area contributed by atoms with Crippen LogP contribution in [0.3, 0.4) is 0 Å². The number of pyridine rings is 1. The SMILES string of the molecule is COc1ccc2c(Cl)c3c(nc2c1)OCC3. The summed E-state index contributed by atoms with van der Waals surface area (Å²) < 4.78 is 10.6. The second-order valence-corrected chi connectivity index (χ2v) is 4.07. The Labute approximate surface area is 98.0 Å². The third-order valence-electron chi connectivity index (χ3n) is 2.78. The highest BCUT2D eigenvalue weighted by Gasteiger charge is 2.19. The lowest BCUT2D eigenvalue weighted by atomic mass is 10.1. The quantitative estimate of drug-likeness (QED) is 0.762. The van der Waals surface area contributed by atoms with E-state index in [4.69, 9.17) is 21.1 Å². The molecule has 1 aliphatic heterocycles. The summed E-state index contributed by atoms with van der Waals surface area (Å²) in [5.74, 6) is 1.43. The number of benzene rings is 1. The molecular weight excluding hydrogens is 226 g/mol. The van der Waals surface area contributed by atoms with Gasteiger partial charge in [-0.3, -0.25) is 0 Å². The Kier molecular flexibility index (Phi) is 2.14. The van der Waals surface area contributed by atoms with E-state index in [1.54, 1.807) is 7.11 Å². The first kappa shape index (κ1) is 9.73. The summed E-state index contributed by atoms with van der Waals surface area (Å²) in [5, 5.41) is 1.70. The molecular formula is C12H10ClNO2. The summed E-state index contributed by atoms with van der Waals surface area (Å²) in [6.45, 7) is 0.662. The molecule has 1 aromatic heterocycles. The molecule has 82 valence electrons. The van der Waals surface area contributed by atoms with Crippen LogP contribution < -0.4 is 9.47 Å². The number of halogens is 1. The zero-order chi connectivity index (χ0) is 11.1. The molecule has 0 atom stereocenters. The summed E-state index contributed by atoms with van der Waals surface area (Å²) in [6, 6.07) is 5.68. The van der Waals surface area contributed by atoms with Crippen LogP contribution in [0.15, 0.2) is 18.2 Å². The third kappa shape index (κ3) is 1.32. The van der Waals surface area contributed by atoms with E-state index in [0.29, 0.717) is 12.5 Å². The molecule has 0 radical (unpaired) electrons. The number of rotatable bonds is 1. The first-order valence-electron chi connectivity index (χ1n) is 5.08. The van der Waals surface area contributed by atoms with Crippen molar-refractivity contribution in [2.75, 3.05) is 13.7 Å². The van der Waals surface area contributed by atoms with Gasteiger partial charge in [-0.1, -0.05) is 11.6 Å². The minimum Gasteiger partial charge on any atom is -0.497 e. The van der Waals surface area contributed by atoms with Gasteiger partial charge in [-0.15, -0.1) is 0 Å². The van der Waals surface area contributed by atoms with E-state index in [-0.39, 0.29) is 0 Å². The van der Waals surface area contributed by atoms with Gasteiger partial charge in [0.2, 0.25) is 5.88 Å². The van der Waals surface area contributed by atoms with Crippen molar-refractivity contribution >= 4 is 22.5 Å². The molecule has 0 unspecified atom stereocenters. The number of hydrogen-bond donors (Lipinski definition) is 0. The molecule has 3 nitrogen and oxygen atoms in total. The second kappa shape index (κ2) is 3.52. The fraction of sp³-hybridized carbons (Fsp3) is 0.250. The first-order valence-corrected chi connectivity index (χ1v) is 5.46. The molecule has 0 spiro atoms. The maximum atomic E-state index is 6.32. The number of nitrogens with zero attached hydrogens (tertiary/aromatic N) is 1. The van der Waals surface area contributed by atoms with Crippen molar-refractivity contribution in [2.24, 2.45) is 0 Å². The van der Waals surface area contributed by atoms with Gasteiger partial charge in [0.15, 0.2) is 0 Å². The van der Waals surface area contributed by atoms with Crippen molar-refractivity contribution < 1.29 is 9.47 Å². The molecule has 0 aliphatic carbocycles. The predicted molar refractivity (Wildman–Crippen MR) is 62.5 cm³/mol. The summed E-state index contributed by atoms with van der Waals surface area (Å²) >= 11 is 6.32. The Hall–Kier alpha value is -1.48. The van der Waals surface area contributed by atoms with E-state index in [1.165, 1.54) is 0 Å². The molecule has 1 aliphatic rings. The molecule has 0 bridgehead atoms. The first-order chi connectivity index (χ1) is 7.79. The highest BCUT2D eigenvalue weighted by Crippen LogP contribution is 2.36. The summed E-state index contributed by atoms with van der Waals surface area (Å²) in [7, 11) is 1.63. The van der Waals surface area contributed by atoms with Gasteiger partial charge in [-0.05, 0) is 12.1 Å². The number of fused-ring (bicyclic) bond motifs is 2. The minimum atomic E-state index is 0.658. The van der Waals surface area contributed by atoms with Gasteiger partial charge in [-0.2, -0.15) is 0 Å². The normalized spacial score (nSPS) is 13.6. The van der Waals surface area contributed by atoms with E-state index in [0.717, 1.165) is 33.7 Å². The van der Waals surface area contributed by atoms with Crippen molar-refractivity contribution in [1.82, 2.24) is 4.98 Å². The Morgan fingerprint density at radius 1 is 1.44 bits per heavy atom. The maximum Gasteiger partial charge on any atom is 0.218 e. The van der Waals surface area contributed by atoms with Crippen molar-refractivity contribution in [3.63, 3.8) is 0 Å². The second-order valence-electron chi connectivity index (χ2n) is 3.69. The number of ether oxygens (including phenoxy) is 2. The van der Waals surface area contributed by atoms with Gasteiger partial charge in [0.1, 0.15) is 5.75 Å². The lowest BCUT2D eigenvalue weighted by Crippen LogP contribution is -1.90. The number of aromatic nitrogens is 1. The van der Waals surface area contributed by atoms with Crippen LogP contribution in [0.2, 0.25) is 5.02 Å². The number of hydrogen-bond acceptors (Lipinski definition) is 3. The van der Waals surface area contributed by atoms with E-state index in [1.807, 2.05) is 18.2 Å². The zero-order valence-electron chi connectivity index (χ0n) is 8.79. The topological polar surface area (TPSA) is 31.4 Å². The maximum absolute atomic E-state index is 6.32. The molecule has 1 aromatic carbocycles. The van der Waals surface area contributed by atoms with E-state index in [9.17, 15) is 0 Å². The largest absolute Gasteiger partial charge is 0.497 e. The molecule has 0 saturated carbocycles. The molecule has 2 aromatic rings. The fourth-order valence-corrected chi connectivity index (χ4v) is 2.27. The highest BCUT2D eigenvalue weighted by molar-refractivity contribution is 6.36. The van der Waals surface area contributed by atoms with Crippen molar-refractivity contribution in [3.05, 3.63) is 28.8 Å². The van der Waals surface area contributed by atoms with Crippen LogP contribution in [0.4, 0.5) is 0 Å². The highest BCUT2D eigenvalue weighted by atomic mass is 35.5. The zero-order valence-corrected chi connectivity index (χ0v) is 9.54. The van der Waals surface area contributed by atoms with Gasteiger partial charge in [0, 0.05) is 23.4 Å². The monoisotopic (exact) mass is 235 g/mol. The molecule has 0 fully saturated rings. The van der Waals surface area contributed by atoms with Crippen LogP contribution in [0, 0.1) is 0 Å². The van der Waals surface area contributed by atoms with Crippen molar-refractivity contribution in [2.45, 2.75) is 6.42 Å². The molecule has 0 amide bonds. The third-order valence-corrected chi connectivity index (χ3v) is 3.21. The van der Waals surface area contributed by atoms with Gasteiger partial charge in [0.05, 0.1) is 24.3 Å². The fourth-order valence-electron chi connectivity index (χ4n) is 1.94. The van der Waals surface area contributed by atoms with Gasteiger partial charge < -0.3 is 9.47 Å². The van der Waals surface area contributed by atoms with Crippen molar-refractivity contribution in [1.29, 1.82) is 0 Å². The molecule has 2 heterocycles. The lowest BCUT2D eigenvalue weighted by molar-refractivity contribution is 0.346. The van der Waals surface area contributed by atoms with E-state index >= 15 is 0 Å². The predicted octanol–water partition coefficient (Wildman–Crippen LogP) is 2.83. The Balaban J connectivity index is 2.32. The van der Waals surface area contributed by atoms with E-state index < -0.39 is 0 Å². The van der Waals surface area contributed by atoms with E-state index in [2.05, 4.69) is 4.98 Å². The van der Waals surface area contributed by atoms with Crippen LogP contribution in [-0.4, -0.2) is 18.7 Å². The van der Waals surface area contributed by atoms with Crippen LogP contribution in [0.25, 0.3) is 10.9 Å². The molecule has 16 heavy (non-hydrogen) atoms. The van der Waals surface area contributed by atoms with Crippen molar-refractivity contribution in [3.8, 4) is 11.6 Å². The van der Waals surface area contributed by atoms with Gasteiger partial charge >= 0.3 is 0 Å². The molecule has 0 saturated heterocycles. The van der Waals surface area contributed by atoms with Crippen LogP contribution in [-0.2, 0) is 6.42 Å². The molecule has 0 N–H and O–H groups in total. The van der Waals surface area contributed by atoms with Gasteiger partial charge in [0.25, 0.3) is 0 Å². The standard InChI is InChI=1S/C12H10ClNO2/c1-15-7-2-3-8-10(6-7)14-12-9(11(8)13)4-5-16-12/h2-3,6H,4-5H2,1H3. The molecule has 4 heteroatoms. The van der Waals surface area contributed by atoms with Crippen LogP contribution >= 0.6 is 11.6 Å². The van der Waals surface area contributed by atoms with Gasteiger partial charge in [-0.25, -0.2) is 4.98 Å². The minimum absolute atomic E-state index is 0.658. The number of methoxy groups -OCH3 is 1. The van der Waals surface area contributed by atoms with Crippen LogP contribution in [0.5, 0.6) is 11.6 Å². The smallest absolute Gasteiger partial charge is 0.218 e. The summed E-state index contributed by atoms with van der Waals surface area (Å²) in [5.41, 5.74) is 1.82. The Bertz CT molecular complexity index is 568. The Morgan fingerprint density at radius 2 is 2.31 bits per heavy atom.